The first-order chi connectivity index (χ1) is 21.2. The van der Waals surface area contributed by atoms with Crippen LogP contribution in [0.4, 0.5) is 29.2 Å². The minimum atomic E-state index is -1.30. The summed E-state index contributed by atoms with van der Waals surface area (Å²) in [7, 11) is 5.50. The second-order valence-corrected chi connectivity index (χ2v) is 9.92. The molecule has 2 aromatic carbocycles. The minimum Gasteiger partial charge on any atom is -0.496 e. The first-order valence-corrected chi connectivity index (χ1v) is 13.6. The predicted molar refractivity (Wildman–Crippen MR) is 163 cm³/mol. The molecule has 0 saturated heterocycles. The van der Waals surface area contributed by atoms with E-state index in [2.05, 4.69) is 25.9 Å². The zero-order valence-electron chi connectivity index (χ0n) is 23.8. The van der Waals surface area contributed by atoms with E-state index < -0.39 is 34.6 Å². The quantitative estimate of drug-likeness (QED) is 0.0744. The van der Waals surface area contributed by atoms with Crippen molar-refractivity contribution >= 4 is 62.5 Å². The molecule has 0 radical (unpaired) electrons. The molecule has 1 amide bonds. The predicted octanol–water partition coefficient (Wildman–Crippen LogP) is 6.52. The van der Waals surface area contributed by atoms with Crippen LogP contribution in [0.3, 0.4) is 0 Å². The van der Waals surface area contributed by atoms with E-state index >= 15 is 0 Å². The SMILES string of the molecule is CON(C)C(=O)c1ccc(Cl)nc1N.COc1cc(F)c(F)cc1Br.COc1ccc(F)c(F)c1C(=O)c1ccc(Cl)nc1N. The number of halogens is 7. The van der Waals surface area contributed by atoms with Crippen LogP contribution in [0.1, 0.15) is 26.3 Å². The summed E-state index contributed by atoms with van der Waals surface area (Å²) in [6, 6.07) is 9.65. The fourth-order valence-corrected chi connectivity index (χ4v) is 4.02. The van der Waals surface area contributed by atoms with Crippen molar-refractivity contribution in [1.82, 2.24) is 15.0 Å². The third-order valence-electron chi connectivity index (χ3n) is 5.51. The van der Waals surface area contributed by atoms with E-state index in [4.69, 9.17) is 49.0 Å². The van der Waals surface area contributed by atoms with Gasteiger partial charge in [-0.3, -0.25) is 14.4 Å². The van der Waals surface area contributed by atoms with Crippen molar-refractivity contribution in [1.29, 1.82) is 0 Å². The number of hydroxylamine groups is 2. The second-order valence-electron chi connectivity index (χ2n) is 8.29. The molecule has 0 aliphatic carbocycles. The maximum absolute atomic E-state index is 13.8. The molecule has 4 aromatic rings. The number of pyridine rings is 2. The topological polar surface area (TPSA) is 143 Å². The van der Waals surface area contributed by atoms with Crippen molar-refractivity contribution in [3.05, 3.63) is 103 Å². The lowest BCUT2D eigenvalue weighted by molar-refractivity contribution is -0.0756. The number of benzene rings is 2. The lowest BCUT2D eigenvalue weighted by Crippen LogP contribution is -2.26. The number of hydrogen-bond acceptors (Lipinski definition) is 9. The molecule has 45 heavy (non-hydrogen) atoms. The summed E-state index contributed by atoms with van der Waals surface area (Å²) in [4.78, 5) is 36.0. The Morgan fingerprint density at radius 3 is 1.78 bits per heavy atom. The molecule has 4 rings (SSSR count). The number of methoxy groups -OCH3 is 2. The monoisotopic (exact) mass is 735 g/mol. The molecule has 0 fully saturated rings. The smallest absolute Gasteiger partial charge is 0.280 e. The van der Waals surface area contributed by atoms with E-state index in [-0.39, 0.29) is 50.5 Å². The van der Waals surface area contributed by atoms with Crippen LogP contribution in [-0.2, 0) is 4.84 Å². The van der Waals surface area contributed by atoms with Gasteiger partial charge in [-0.2, -0.15) is 0 Å². The average Bonchev–Trinajstić information content (AvgIpc) is 3.00. The molecule has 0 aliphatic heterocycles. The van der Waals surface area contributed by atoms with Crippen molar-refractivity contribution in [2.75, 3.05) is 39.8 Å². The van der Waals surface area contributed by atoms with Crippen LogP contribution in [0.25, 0.3) is 0 Å². The zero-order chi connectivity index (χ0) is 34.0. The maximum Gasteiger partial charge on any atom is 0.280 e. The third-order valence-corrected chi connectivity index (χ3v) is 6.56. The Morgan fingerprint density at radius 1 is 0.778 bits per heavy atom. The first-order valence-electron chi connectivity index (χ1n) is 12.1. The number of aromatic nitrogens is 2. The van der Waals surface area contributed by atoms with Gasteiger partial charge in [0.15, 0.2) is 23.3 Å². The van der Waals surface area contributed by atoms with Crippen molar-refractivity contribution in [2.24, 2.45) is 0 Å². The van der Waals surface area contributed by atoms with Crippen molar-refractivity contribution < 1.29 is 41.5 Å². The van der Waals surface area contributed by atoms with Gasteiger partial charge in [0.1, 0.15) is 39.0 Å². The Morgan fingerprint density at radius 2 is 1.29 bits per heavy atom. The number of hydrogen-bond donors (Lipinski definition) is 2. The normalized spacial score (nSPS) is 10.1. The van der Waals surface area contributed by atoms with E-state index in [1.807, 2.05) is 0 Å². The molecule has 0 atom stereocenters. The molecule has 17 heteroatoms. The number of rotatable bonds is 6. The van der Waals surface area contributed by atoms with Gasteiger partial charge in [-0.25, -0.2) is 32.6 Å². The summed E-state index contributed by atoms with van der Waals surface area (Å²) >= 11 is 14.2. The van der Waals surface area contributed by atoms with Crippen LogP contribution < -0.4 is 20.9 Å². The van der Waals surface area contributed by atoms with E-state index in [0.29, 0.717) is 4.47 Å². The Balaban J connectivity index is 0.000000248. The molecular formula is C28H24BrCl2F4N5O5. The average molecular weight is 737 g/mol. The fraction of sp³-hybridized carbons (Fsp3) is 0.143. The molecule has 0 bridgehead atoms. The highest BCUT2D eigenvalue weighted by Gasteiger charge is 2.24. The van der Waals surface area contributed by atoms with Crippen LogP contribution in [0.5, 0.6) is 11.5 Å². The standard InChI is InChI=1S/C13H9ClF2N2O2.C8H10ClN3O2.C7H5BrF2O/c1-20-8-4-3-7(15)11(16)10(8)12(19)6-2-5-9(14)18-13(6)17;1-12(14-2)8(13)5-3-4-6(9)11-7(5)10;1-11-7-3-6(10)5(9)2-4(7)8/h2-5H,1H3,(H2,17,18);3-4H,1-2H3,(H2,10,11);2-3H,1H3. The van der Waals surface area contributed by atoms with E-state index in [1.165, 1.54) is 52.6 Å². The maximum atomic E-state index is 13.8. The Labute approximate surface area is 272 Å². The number of nitrogens with zero attached hydrogens (tertiary/aromatic N) is 3. The number of ketones is 1. The number of amides is 1. The summed E-state index contributed by atoms with van der Waals surface area (Å²) < 4.78 is 62.0. The summed E-state index contributed by atoms with van der Waals surface area (Å²) in [5.74, 6) is -5.36. The van der Waals surface area contributed by atoms with Crippen LogP contribution in [-0.4, -0.2) is 55.1 Å². The van der Waals surface area contributed by atoms with Crippen LogP contribution in [0.2, 0.25) is 10.3 Å². The van der Waals surface area contributed by atoms with E-state index in [1.54, 1.807) is 0 Å². The number of ether oxygens (including phenoxy) is 2. The number of nitrogen functional groups attached to an aromatic ring is 2. The van der Waals surface area contributed by atoms with Crippen LogP contribution >= 0.6 is 39.1 Å². The summed E-state index contributed by atoms with van der Waals surface area (Å²) in [6.45, 7) is 0. The van der Waals surface area contributed by atoms with Gasteiger partial charge < -0.3 is 20.9 Å². The van der Waals surface area contributed by atoms with Gasteiger partial charge in [-0.05, 0) is 58.4 Å². The molecule has 10 nitrogen and oxygen atoms in total. The molecule has 240 valence electrons. The summed E-state index contributed by atoms with van der Waals surface area (Å²) in [6.07, 6.45) is 0. The number of carbonyl (C=O) groups is 2. The van der Waals surface area contributed by atoms with Gasteiger partial charge in [0, 0.05) is 13.1 Å². The second kappa shape index (κ2) is 16.8. The Kier molecular flexibility index (Phi) is 13.8. The molecule has 2 aromatic heterocycles. The largest absolute Gasteiger partial charge is 0.496 e. The van der Waals surface area contributed by atoms with Gasteiger partial charge in [-0.15, -0.1) is 0 Å². The lowest BCUT2D eigenvalue weighted by atomic mass is 10.0. The Bertz CT molecular complexity index is 1700. The number of carbonyl (C=O) groups excluding carboxylic acids is 2. The van der Waals surface area contributed by atoms with Gasteiger partial charge >= 0.3 is 0 Å². The minimum absolute atomic E-state index is 0.0859. The fourth-order valence-electron chi connectivity index (χ4n) is 3.24. The first kappa shape index (κ1) is 37.0. The molecule has 0 unspecified atom stereocenters. The highest BCUT2D eigenvalue weighted by Crippen LogP contribution is 2.29. The lowest BCUT2D eigenvalue weighted by Gasteiger charge is -2.14. The molecule has 2 heterocycles. The highest BCUT2D eigenvalue weighted by molar-refractivity contribution is 9.10. The van der Waals surface area contributed by atoms with Gasteiger partial charge in [-0.1, -0.05) is 23.2 Å². The summed E-state index contributed by atoms with van der Waals surface area (Å²) in [5, 5.41) is 1.39. The third kappa shape index (κ3) is 9.65. The highest BCUT2D eigenvalue weighted by atomic mass is 79.9. The van der Waals surface area contributed by atoms with E-state index in [9.17, 15) is 27.2 Å². The number of anilines is 2. The van der Waals surface area contributed by atoms with Gasteiger partial charge in [0.25, 0.3) is 5.91 Å². The van der Waals surface area contributed by atoms with E-state index in [0.717, 1.165) is 29.3 Å². The van der Waals surface area contributed by atoms with Crippen molar-refractivity contribution in [3.8, 4) is 11.5 Å². The zero-order valence-corrected chi connectivity index (χ0v) is 26.9. The Hall–Kier alpha value is -4.18. The summed E-state index contributed by atoms with van der Waals surface area (Å²) in [5.41, 5.74) is 10.7. The molecular weight excluding hydrogens is 713 g/mol. The van der Waals surface area contributed by atoms with Gasteiger partial charge in [0.2, 0.25) is 5.78 Å². The molecule has 4 N–H and O–H groups in total. The molecule has 0 aliphatic rings. The molecule has 0 saturated carbocycles. The van der Waals surface area contributed by atoms with Gasteiger partial charge in [0.05, 0.1) is 36.9 Å². The van der Waals surface area contributed by atoms with Crippen LogP contribution in [0.15, 0.2) is 53.0 Å². The van der Waals surface area contributed by atoms with Crippen molar-refractivity contribution in [3.63, 3.8) is 0 Å². The molecule has 0 spiro atoms. The number of nitrogens with two attached hydrogens (primary N) is 2. The van der Waals surface area contributed by atoms with Crippen molar-refractivity contribution in [2.45, 2.75) is 0 Å². The van der Waals surface area contributed by atoms with Crippen LogP contribution in [0, 0.1) is 23.3 Å².